The molecule has 0 nitrogen and oxygen atoms in total. The quantitative estimate of drug-likeness (QED) is 0.633. The maximum Gasteiger partial charge on any atom is -0.0225 e. The molecule has 1 aliphatic rings. The van der Waals surface area contributed by atoms with Crippen LogP contribution in [0.4, 0.5) is 0 Å². The molecule has 2 rings (SSSR count). The number of rotatable bonds is 1. The molecule has 0 aliphatic heterocycles. The number of hydrogen-bond donors (Lipinski definition) is 0. The van der Waals surface area contributed by atoms with Gasteiger partial charge in [0.2, 0.25) is 0 Å². The summed E-state index contributed by atoms with van der Waals surface area (Å²) in [4.78, 5) is 0. The van der Waals surface area contributed by atoms with Gasteiger partial charge < -0.3 is 0 Å². The average Bonchev–Trinajstić information content (AvgIpc) is 2.31. The van der Waals surface area contributed by atoms with E-state index in [4.69, 9.17) is 0 Å². The second kappa shape index (κ2) is 8.30. The summed E-state index contributed by atoms with van der Waals surface area (Å²) in [5, 5.41) is 0. The molecule has 0 fully saturated rings. The predicted octanol–water partition coefficient (Wildman–Crippen LogP) is 5.59. The maximum atomic E-state index is 3.82. The Bertz CT molecular complexity index is 389. The molecule has 0 amide bonds. The molecule has 0 bridgehead atoms. The Morgan fingerprint density at radius 2 is 1.94 bits per heavy atom. The first kappa shape index (κ1) is 16.2. The van der Waals surface area contributed by atoms with Gasteiger partial charge in [0.25, 0.3) is 0 Å². The fourth-order valence-electron chi connectivity index (χ4n) is 1.94. The fraction of sp³-hybridized carbons (Fsp3) is 0.375. The number of fused-ring (bicyclic) bond motifs is 1. The molecule has 0 heterocycles. The number of allylic oxidation sites excluding steroid dienone is 1. The highest BCUT2D eigenvalue weighted by atomic mass is 79.9. The third-order valence-electron chi connectivity index (χ3n) is 2.75. The second-order valence-corrected chi connectivity index (χ2v) is 4.20. The molecule has 0 aromatic heterocycles. The van der Waals surface area contributed by atoms with E-state index in [-0.39, 0.29) is 17.0 Å². The molecule has 0 radical (unpaired) electrons. The van der Waals surface area contributed by atoms with Gasteiger partial charge in [-0.25, -0.2) is 0 Å². The lowest BCUT2D eigenvalue weighted by Gasteiger charge is -2.15. The smallest absolute Gasteiger partial charge is 0.0225 e. The Balaban J connectivity index is 0.000000583. The number of halogens is 1. The van der Waals surface area contributed by atoms with Gasteiger partial charge in [-0.1, -0.05) is 57.2 Å². The van der Waals surface area contributed by atoms with Crippen LogP contribution in [0.2, 0.25) is 0 Å². The highest BCUT2D eigenvalue weighted by Gasteiger charge is 2.08. The molecule has 0 N–H and O–H groups in total. The Labute approximate surface area is 116 Å². The summed E-state index contributed by atoms with van der Waals surface area (Å²) in [5.41, 5.74) is 5.56. The van der Waals surface area contributed by atoms with Crippen LogP contribution in [0.25, 0.3) is 12.2 Å². The van der Waals surface area contributed by atoms with E-state index in [1.165, 1.54) is 41.5 Å². The second-order valence-electron chi connectivity index (χ2n) is 4.20. The van der Waals surface area contributed by atoms with Crippen LogP contribution in [-0.2, 0) is 6.42 Å². The highest BCUT2D eigenvalue weighted by Crippen LogP contribution is 2.25. The first-order valence-electron chi connectivity index (χ1n) is 6.16. The third-order valence-corrected chi connectivity index (χ3v) is 2.75. The standard InChI is InChI=1S/C13H14.C3H8.BrH/c1-3-11-8-9-12-6-4-5-7-13(12)10(11)2;1-3-2;/h3-4,6,8-9H,1,5,7H2,2H3;3H2,1-2H3;1H. The van der Waals surface area contributed by atoms with Crippen molar-refractivity contribution in [3.05, 3.63) is 47.0 Å². The van der Waals surface area contributed by atoms with Crippen LogP contribution in [0, 0.1) is 6.92 Å². The van der Waals surface area contributed by atoms with Gasteiger partial charge in [-0.2, -0.15) is 0 Å². The van der Waals surface area contributed by atoms with Crippen LogP contribution in [0.3, 0.4) is 0 Å². The van der Waals surface area contributed by atoms with E-state index in [1.807, 2.05) is 6.08 Å². The zero-order valence-electron chi connectivity index (χ0n) is 11.1. The van der Waals surface area contributed by atoms with Gasteiger partial charge in [0.15, 0.2) is 0 Å². The van der Waals surface area contributed by atoms with Gasteiger partial charge in [0.1, 0.15) is 0 Å². The Kier molecular flexibility index (Phi) is 7.90. The predicted molar refractivity (Wildman–Crippen MR) is 84.9 cm³/mol. The summed E-state index contributed by atoms with van der Waals surface area (Å²) in [7, 11) is 0. The van der Waals surface area contributed by atoms with Crippen LogP contribution < -0.4 is 0 Å². The van der Waals surface area contributed by atoms with Crippen LogP contribution in [0.1, 0.15) is 48.9 Å². The zero-order valence-corrected chi connectivity index (χ0v) is 12.8. The van der Waals surface area contributed by atoms with Crippen molar-refractivity contribution in [3.63, 3.8) is 0 Å². The Hall–Kier alpha value is -0.820. The molecule has 0 saturated carbocycles. The molecule has 0 atom stereocenters. The van der Waals surface area contributed by atoms with E-state index in [0.29, 0.717) is 0 Å². The topological polar surface area (TPSA) is 0 Å². The molecule has 1 aromatic rings. The zero-order chi connectivity index (χ0) is 12.0. The van der Waals surface area contributed by atoms with E-state index in [1.54, 1.807) is 0 Å². The lowest BCUT2D eigenvalue weighted by atomic mass is 9.90. The third kappa shape index (κ3) is 4.16. The molecule has 0 unspecified atom stereocenters. The van der Waals surface area contributed by atoms with Crippen molar-refractivity contribution in [3.8, 4) is 0 Å². The van der Waals surface area contributed by atoms with Gasteiger partial charge in [0.05, 0.1) is 0 Å². The first-order valence-corrected chi connectivity index (χ1v) is 6.16. The lowest BCUT2D eigenvalue weighted by molar-refractivity contribution is 0.970. The van der Waals surface area contributed by atoms with Crippen molar-refractivity contribution < 1.29 is 0 Å². The van der Waals surface area contributed by atoms with Gasteiger partial charge in [-0.3, -0.25) is 0 Å². The van der Waals surface area contributed by atoms with Gasteiger partial charge in [-0.05, 0) is 42.0 Å². The summed E-state index contributed by atoms with van der Waals surface area (Å²) in [6.07, 6.45) is 10.0. The Morgan fingerprint density at radius 1 is 1.29 bits per heavy atom. The molecule has 94 valence electrons. The van der Waals surface area contributed by atoms with E-state index in [2.05, 4.69) is 51.6 Å². The molecular weight excluding hydrogens is 272 g/mol. The minimum Gasteiger partial charge on any atom is -0.114 e. The van der Waals surface area contributed by atoms with Crippen molar-refractivity contribution in [1.29, 1.82) is 0 Å². The summed E-state index contributed by atoms with van der Waals surface area (Å²) in [5.74, 6) is 0. The number of benzene rings is 1. The average molecular weight is 295 g/mol. The van der Waals surface area contributed by atoms with Crippen LogP contribution in [0.15, 0.2) is 24.8 Å². The fourth-order valence-corrected chi connectivity index (χ4v) is 1.94. The molecule has 1 aromatic carbocycles. The molecule has 17 heavy (non-hydrogen) atoms. The van der Waals surface area contributed by atoms with Crippen molar-refractivity contribution in [1.82, 2.24) is 0 Å². The maximum absolute atomic E-state index is 3.82. The first-order chi connectivity index (χ1) is 7.74. The van der Waals surface area contributed by atoms with E-state index < -0.39 is 0 Å². The van der Waals surface area contributed by atoms with E-state index in [0.717, 1.165) is 0 Å². The summed E-state index contributed by atoms with van der Waals surface area (Å²) < 4.78 is 0. The molecule has 1 heteroatoms. The lowest BCUT2D eigenvalue weighted by Crippen LogP contribution is -1.98. The SMILES string of the molecule is Br.C=Cc1ccc2c(c1C)CCC=C2.CCC. The van der Waals surface area contributed by atoms with Gasteiger partial charge >= 0.3 is 0 Å². The van der Waals surface area contributed by atoms with Crippen LogP contribution >= 0.6 is 17.0 Å². The Morgan fingerprint density at radius 3 is 2.53 bits per heavy atom. The summed E-state index contributed by atoms with van der Waals surface area (Å²) in [6.45, 7) is 10.3. The minimum absolute atomic E-state index is 0. The normalized spacial score (nSPS) is 11.7. The van der Waals surface area contributed by atoms with Crippen molar-refractivity contribution in [2.24, 2.45) is 0 Å². The summed E-state index contributed by atoms with van der Waals surface area (Å²) in [6, 6.07) is 4.34. The molecule has 0 saturated heterocycles. The van der Waals surface area contributed by atoms with Crippen LogP contribution in [-0.4, -0.2) is 0 Å². The van der Waals surface area contributed by atoms with Crippen LogP contribution in [0.5, 0.6) is 0 Å². The van der Waals surface area contributed by atoms with Gasteiger partial charge in [0, 0.05) is 0 Å². The number of hydrogen-bond acceptors (Lipinski definition) is 0. The largest absolute Gasteiger partial charge is 0.114 e. The molecule has 0 spiro atoms. The molecule has 1 aliphatic carbocycles. The molecular formula is C16H23Br. The highest BCUT2D eigenvalue weighted by molar-refractivity contribution is 8.93. The van der Waals surface area contributed by atoms with E-state index in [9.17, 15) is 0 Å². The minimum atomic E-state index is 0. The van der Waals surface area contributed by atoms with Crippen molar-refractivity contribution >= 4 is 29.1 Å². The van der Waals surface area contributed by atoms with E-state index >= 15 is 0 Å². The van der Waals surface area contributed by atoms with Gasteiger partial charge in [-0.15, -0.1) is 17.0 Å². The van der Waals surface area contributed by atoms with Crippen molar-refractivity contribution in [2.75, 3.05) is 0 Å². The monoisotopic (exact) mass is 294 g/mol. The van der Waals surface area contributed by atoms with Crippen molar-refractivity contribution in [2.45, 2.75) is 40.0 Å². The summed E-state index contributed by atoms with van der Waals surface area (Å²) >= 11 is 0.